The molecule has 0 aliphatic carbocycles. The molecule has 0 aliphatic rings. The molecule has 3 rings (SSSR count). The Hall–Kier alpha value is -1.61. The van der Waals surface area contributed by atoms with Crippen molar-refractivity contribution in [3.8, 4) is 5.00 Å². The van der Waals surface area contributed by atoms with Crippen LogP contribution in [-0.2, 0) is 0 Å². The van der Waals surface area contributed by atoms with Crippen molar-refractivity contribution in [1.29, 1.82) is 0 Å². The molecular weight excluding hydrogens is 192 g/mol. The van der Waals surface area contributed by atoms with E-state index in [1.807, 2.05) is 24.5 Å². The lowest BCUT2D eigenvalue weighted by atomic mass is 10.3. The van der Waals surface area contributed by atoms with Crippen LogP contribution < -0.4 is 0 Å². The number of imidazole rings is 1. The third-order valence-electron chi connectivity index (χ3n) is 2.20. The monoisotopic (exact) mass is 200 g/mol. The Morgan fingerprint density at radius 3 is 2.86 bits per heavy atom. The summed E-state index contributed by atoms with van der Waals surface area (Å²) < 4.78 is 2.11. The quantitative estimate of drug-likeness (QED) is 0.590. The van der Waals surface area contributed by atoms with E-state index in [2.05, 4.69) is 33.1 Å². The standard InChI is InChI=1S/C11H8N2S/c1-2-5-10-9(4-1)12-8-13(10)11-6-3-7-14-11/h1-8H. The van der Waals surface area contributed by atoms with E-state index in [0.29, 0.717) is 0 Å². The van der Waals surface area contributed by atoms with Gasteiger partial charge >= 0.3 is 0 Å². The molecule has 0 saturated carbocycles. The van der Waals surface area contributed by atoms with Gasteiger partial charge in [0.2, 0.25) is 0 Å². The van der Waals surface area contributed by atoms with Crippen LogP contribution in [0.3, 0.4) is 0 Å². The van der Waals surface area contributed by atoms with Crippen molar-refractivity contribution in [3.05, 3.63) is 48.1 Å². The maximum absolute atomic E-state index is 4.34. The van der Waals surface area contributed by atoms with E-state index in [-0.39, 0.29) is 0 Å². The van der Waals surface area contributed by atoms with Gasteiger partial charge in [0.05, 0.1) is 11.0 Å². The van der Waals surface area contributed by atoms with Gasteiger partial charge in [-0.05, 0) is 29.6 Å². The Labute approximate surface area is 85.4 Å². The number of rotatable bonds is 1. The maximum Gasteiger partial charge on any atom is 0.101 e. The maximum atomic E-state index is 4.34. The Bertz CT molecular complexity index is 551. The average Bonchev–Trinajstić information content (AvgIpc) is 2.85. The van der Waals surface area contributed by atoms with Crippen LogP contribution in [0, 0.1) is 0 Å². The lowest BCUT2D eigenvalue weighted by Gasteiger charge is -1.98. The van der Waals surface area contributed by atoms with E-state index in [1.165, 1.54) is 5.00 Å². The molecule has 0 saturated heterocycles. The van der Waals surface area contributed by atoms with Crippen LogP contribution >= 0.6 is 11.3 Å². The summed E-state index contributed by atoms with van der Waals surface area (Å²) >= 11 is 1.72. The fraction of sp³-hybridized carbons (Fsp3) is 0. The van der Waals surface area contributed by atoms with Crippen molar-refractivity contribution in [1.82, 2.24) is 9.55 Å². The molecule has 1 aromatic carbocycles. The lowest BCUT2D eigenvalue weighted by Crippen LogP contribution is -1.86. The summed E-state index contributed by atoms with van der Waals surface area (Å²) in [5, 5.41) is 3.28. The van der Waals surface area contributed by atoms with Gasteiger partial charge in [-0.3, -0.25) is 4.57 Å². The number of hydrogen-bond acceptors (Lipinski definition) is 2. The highest BCUT2D eigenvalue weighted by Crippen LogP contribution is 2.20. The first-order valence-electron chi connectivity index (χ1n) is 4.41. The number of hydrogen-bond donors (Lipinski definition) is 0. The fourth-order valence-corrected chi connectivity index (χ4v) is 2.25. The van der Waals surface area contributed by atoms with Gasteiger partial charge in [0.1, 0.15) is 11.3 Å². The van der Waals surface area contributed by atoms with Gasteiger partial charge in [-0.25, -0.2) is 4.98 Å². The zero-order valence-electron chi connectivity index (χ0n) is 7.42. The van der Waals surface area contributed by atoms with Crippen molar-refractivity contribution in [2.75, 3.05) is 0 Å². The SMILES string of the molecule is c1csc(-n2cnc3ccccc32)c1. The van der Waals surface area contributed by atoms with Gasteiger partial charge < -0.3 is 0 Å². The van der Waals surface area contributed by atoms with Crippen LogP contribution in [0.2, 0.25) is 0 Å². The Morgan fingerprint density at radius 2 is 2.00 bits per heavy atom. The van der Waals surface area contributed by atoms with Crippen molar-refractivity contribution >= 4 is 22.4 Å². The van der Waals surface area contributed by atoms with E-state index in [4.69, 9.17) is 0 Å². The Balaban J connectivity index is 2.33. The van der Waals surface area contributed by atoms with E-state index in [9.17, 15) is 0 Å². The van der Waals surface area contributed by atoms with Crippen LogP contribution in [0.1, 0.15) is 0 Å². The third-order valence-corrected chi connectivity index (χ3v) is 3.06. The molecule has 0 atom stereocenters. The molecule has 0 N–H and O–H groups in total. The first-order chi connectivity index (χ1) is 6.95. The summed E-state index contributed by atoms with van der Waals surface area (Å²) in [7, 11) is 0. The molecule has 2 aromatic heterocycles. The highest BCUT2D eigenvalue weighted by atomic mass is 32.1. The minimum absolute atomic E-state index is 1.04. The minimum atomic E-state index is 1.04. The van der Waals surface area contributed by atoms with Crippen LogP contribution in [-0.4, -0.2) is 9.55 Å². The predicted molar refractivity (Wildman–Crippen MR) is 58.9 cm³/mol. The zero-order chi connectivity index (χ0) is 9.38. The van der Waals surface area contributed by atoms with Crippen LogP contribution in [0.4, 0.5) is 0 Å². The number of nitrogens with zero attached hydrogens (tertiary/aromatic N) is 2. The van der Waals surface area contributed by atoms with E-state index < -0.39 is 0 Å². The summed E-state index contributed by atoms with van der Waals surface area (Å²) in [6.07, 6.45) is 1.87. The van der Waals surface area contributed by atoms with E-state index >= 15 is 0 Å². The molecule has 3 aromatic rings. The Kier molecular flexibility index (Phi) is 1.64. The number of aromatic nitrogens is 2. The number of fused-ring (bicyclic) bond motifs is 1. The molecule has 3 heteroatoms. The first-order valence-corrected chi connectivity index (χ1v) is 5.29. The van der Waals surface area contributed by atoms with Crippen molar-refractivity contribution in [2.45, 2.75) is 0 Å². The largest absolute Gasteiger partial charge is 0.290 e. The van der Waals surface area contributed by atoms with Gasteiger partial charge in [0.25, 0.3) is 0 Å². The summed E-state index contributed by atoms with van der Waals surface area (Å²) in [6, 6.07) is 12.3. The molecule has 0 amide bonds. The summed E-state index contributed by atoms with van der Waals surface area (Å²) in [4.78, 5) is 4.34. The second-order valence-corrected chi connectivity index (χ2v) is 3.98. The Morgan fingerprint density at radius 1 is 1.07 bits per heavy atom. The summed E-state index contributed by atoms with van der Waals surface area (Å²) in [5.74, 6) is 0. The molecule has 14 heavy (non-hydrogen) atoms. The van der Waals surface area contributed by atoms with Crippen LogP contribution in [0.5, 0.6) is 0 Å². The van der Waals surface area contributed by atoms with Gasteiger partial charge in [0, 0.05) is 0 Å². The molecule has 2 heterocycles. The van der Waals surface area contributed by atoms with Crippen molar-refractivity contribution < 1.29 is 0 Å². The number of para-hydroxylation sites is 2. The summed E-state index contributed by atoms with van der Waals surface area (Å²) in [6.45, 7) is 0. The molecule has 68 valence electrons. The highest BCUT2D eigenvalue weighted by Gasteiger charge is 2.02. The van der Waals surface area contributed by atoms with Crippen molar-refractivity contribution in [2.24, 2.45) is 0 Å². The van der Waals surface area contributed by atoms with E-state index in [0.717, 1.165) is 11.0 Å². The molecule has 0 bridgehead atoms. The summed E-state index contributed by atoms with van der Waals surface area (Å²) in [5.41, 5.74) is 2.20. The second kappa shape index (κ2) is 2.96. The first kappa shape index (κ1) is 7.76. The minimum Gasteiger partial charge on any atom is -0.290 e. The third kappa shape index (κ3) is 1.06. The molecule has 0 fully saturated rings. The molecule has 0 spiro atoms. The van der Waals surface area contributed by atoms with Crippen LogP contribution in [0.25, 0.3) is 16.0 Å². The average molecular weight is 200 g/mol. The zero-order valence-corrected chi connectivity index (χ0v) is 8.24. The van der Waals surface area contributed by atoms with Gasteiger partial charge in [-0.15, -0.1) is 11.3 Å². The smallest absolute Gasteiger partial charge is 0.101 e. The highest BCUT2D eigenvalue weighted by molar-refractivity contribution is 7.12. The predicted octanol–water partition coefficient (Wildman–Crippen LogP) is 3.09. The fourth-order valence-electron chi connectivity index (χ4n) is 1.54. The second-order valence-electron chi connectivity index (χ2n) is 3.05. The normalized spacial score (nSPS) is 10.9. The lowest BCUT2D eigenvalue weighted by molar-refractivity contribution is 1.12. The van der Waals surface area contributed by atoms with E-state index in [1.54, 1.807) is 11.3 Å². The number of thiophene rings is 1. The molecular formula is C11H8N2S. The molecule has 0 radical (unpaired) electrons. The molecule has 2 nitrogen and oxygen atoms in total. The van der Waals surface area contributed by atoms with Gasteiger partial charge in [0.15, 0.2) is 0 Å². The molecule has 0 unspecified atom stereocenters. The van der Waals surface area contributed by atoms with Crippen LogP contribution in [0.15, 0.2) is 48.1 Å². The number of benzene rings is 1. The topological polar surface area (TPSA) is 17.8 Å². The van der Waals surface area contributed by atoms with Crippen molar-refractivity contribution in [3.63, 3.8) is 0 Å². The van der Waals surface area contributed by atoms with Gasteiger partial charge in [-0.1, -0.05) is 12.1 Å². The molecule has 0 aliphatic heterocycles. The van der Waals surface area contributed by atoms with Gasteiger partial charge in [-0.2, -0.15) is 0 Å².